The van der Waals surface area contributed by atoms with Crippen molar-refractivity contribution in [3.8, 4) is 0 Å². The van der Waals surface area contributed by atoms with Crippen LogP contribution in [0.25, 0.3) is 0 Å². The van der Waals surface area contributed by atoms with Crippen LogP contribution in [0.3, 0.4) is 0 Å². The number of carbonyl (C=O) groups is 1. The number of amides is 1. The molecule has 1 aromatic rings. The number of benzene rings is 1. The summed E-state index contributed by atoms with van der Waals surface area (Å²) in [6.07, 6.45) is 6.93. The Hall–Kier alpha value is -2.17. The summed E-state index contributed by atoms with van der Waals surface area (Å²) >= 11 is 0. The molecular formula is C13H12F2N2O. The highest BCUT2D eigenvalue weighted by atomic mass is 19.1. The van der Waals surface area contributed by atoms with Gasteiger partial charge in [-0.15, -0.1) is 0 Å². The fraction of sp³-hybridized carbons (Fsp3) is 0.154. The summed E-state index contributed by atoms with van der Waals surface area (Å²) in [4.78, 5) is 13.1. The Kier molecular flexibility index (Phi) is 3.41. The van der Waals surface area contributed by atoms with Crippen LogP contribution in [0.15, 0.2) is 42.6 Å². The van der Waals surface area contributed by atoms with Gasteiger partial charge in [-0.2, -0.15) is 0 Å². The quantitative estimate of drug-likeness (QED) is 0.890. The number of hydrogen-bond acceptors (Lipinski definition) is 2. The van der Waals surface area contributed by atoms with E-state index in [4.69, 9.17) is 5.73 Å². The van der Waals surface area contributed by atoms with Gasteiger partial charge in [0, 0.05) is 18.3 Å². The lowest BCUT2D eigenvalue weighted by molar-refractivity contribution is -0.122. The summed E-state index contributed by atoms with van der Waals surface area (Å²) in [5.41, 5.74) is 5.24. The zero-order chi connectivity index (χ0) is 13.1. The zero-order valence-electron chi connectivity index (χ0n) is 9.51. The molecule has 1 aromatic carbocycles. The molecule has 2 rings (SSSR count). The molecule has 1 aliphatic rings. The molecule has 0 spiro atoms. The van der Waals surface area contributed by atoms with Crippen molar-refractivity contribution >= 4 is 5.91 Å². The van der Waals surface area contributed by atoms with E-state index in [1.165, 1.54) is 0 Å². The number of halogens is 2. The van der Waals surface area contributed by atoms with E-state index in [0.717, 1.165) is 18.2 Å². The van der Waals surface area contributed by atoms with E-state index in [1.807, 2.05) is 0 Å². The Bertz CT molecular complexity index is 526. The van der Waals surface area contributed by atoms with Crippen molar-refractivity contribution in [1.82, 2.24) is 4.90 Å². The second kappa shape index (κ2) is 5.00. The Labute approximate surface area is 103 Å². The van der Waals surface area contributed by atoms with Gasteiger partial charge in [0.05, 0.1) is 0 Å². The highest BCUT2D eigenvalue weighted by Crippen LogP contribution is 2.25. The van der Waals surface area contributed by atoms with Gasteiger partial charge in [-0.05, 0) is 24.3 Å². The van der Waals surface area contributed by atoms with Crippen LogP contribution in [0.5, 0.6) is 0 Å². The van der Waals surface area contributed by atoms with Crippen LogP contribution >= 0.6 is 0 Å². The number of allylic oxidation sites excluding steroid dienone is 2. The monoisotopic (exact) mass is 250 g/mol. The van der Waals surface area contributed by atoms with Crippen LogP contribution < -0.4 is 5.73 Å². The largest absolute Gasteiger partial charge is 0.368 e. The predicted octanol–water partition coefficient (Wildman–Crippen LogP) is 1.88. The molecule has 1 heterocycles. The zero-order valence-corrected chi connectivity index (χ0v) is 9.51. The molecule has 0 saturated heterocycles. The van der Waals surface area contributed by atoms with Gasteiger partial charge in [-0.1, -0.05) is 12.2 Å². The maximum Gasteiger partial charge on any atom is 0.244 e. The Morgan fingerprint density at radius 1 is 1.33 bits per heavy atom. The van der Waals surface area contributed by atoms with E-state index in [-0.39, 0.29) is 5.56 Å². The number of primary amides is 1. The van der Waals surface area contributed by atoms with Crippen molar-refractivity contribution in [3.05, 3.63) is 59.8 Å². The Balaban J connectivity index is 2.41. The third-order valence-electron chi connectivity index (χ3n) is 2.69. The minimum absolute atomic E-state index is 0.0533. The van der Waals surface area contributed by atoms with Crippen LogP contribution in [0.1, 0.15) is 11.6 Å². The van der Waals surface area contributed by atoms with Gasteiger partial charge in [0.25, 0.3) is 0 Å². The van der Waals surface area contributed by atoms with Gasteiger partial charge in [-0.3, -0.25) is 4.79 Å². The number of carbonyl (C=O) groups excluding carboxylic acids is 1. The summed E-state index contributed by atoms with van der Waals surface area (Å²) in [7, 11) is 0. The third-order valence-corrected chi connectivity index (χ3v) is 2.69. The van der Waals surface area contributed by atoms with E-state index in [2.05, 4.69) is 0 Å². The van der Waals surface area contributed by atoms with E-state index in [0.29, 0.717) is 6.54 Å². The highest BCUT2D eigenvalue weighted by molar-refractivity contribution is 5.81. The van der Waals surface area contributed by atoms with Crippen molar-refractivity contribution in [2.75, 3.05) is 6.54 Å². The molecule has 1 amide bonds. The molecule has 0 aliphatic carbocycles. The van der Waals surface area contributed by atoms with Crippen LogP contribution in [0, 0.1) is 11.6 Å². The average Bonchev–Trinajstić information content (AvgIpc) is 2.35. The Morgan fingerprint density at radius 3 is 2.72 bits per heavy atom. The first-order chi connectivity index (χ1) is 8.59. The first-order valence-electron chi connectivity index (χ1n) is 5.43. The fourth-order valence-electron chi connectivity index (χ4n) is 1.89. The average molecular weight is 250 g/mol. The van der Waals surface area contributed by atoms with Crippen LogP contribution in [0.2, 0.25) is 0 Å². The van der Waals surface area contributed by atoms with Gasteiger partial charge in [0.1, 0.15) is 17.7 Å². The molecule has 18 heavy (non-hydrogen) atoms. The normalized spacial score (nSPS) is 15.8. The standard InChI is InChI=1S/C13H12F2N2O/c14-9-4-5-11(15)10(8-9)12(13(16)18)17-6-2-1-3-7-17/h1-6,8,12H,7H2,(H2,16,18). The van der Waals surface area contributed by atoms with Crippen LogP contribution in [0.4, 0.5) is 8.78 Å². The molecule has 5 heteroatoms. The summed E-state index contributed by atoms with van der Waals surface area (Å²) in [6.45, 7) is 0.417. The molecule has 0 aromatic heterocycles. The lowest BCUT2D eigenvalue weighted by atomic mass is 10.0. The van der Waals surface area contributed by atoms with E-state index >= 15 is 0 Å². The maximum atomic E-state index is 13.7. The SMILES string of the molecule is NC(=O)C(c1cc(F)ccc1F)N1C=CC=CC1. The molecule has 0 fully saturated rings. The van der Waals surface area contributed by atoms with E-state index in [9.17, 15) is 13.6 Å². The van der Waals surface area contributed by atoms with Gasteiger partial charge in [0.15, 0.2) is 0 Å². The van der Waals surface area contributed by atoms with Crippen LogP contribution in [-0.2, 0) is 4.79 Å². The lowest BCUT2D eigenvalue weighted by Gasteiger charge is -2.29. The second-order valence-electron chi connectivity index (χ2n) is 3.94. The van der Waals surface area contributed by atoms with E-state index < -0.39 is 23.6 Å². The number of nitrogens with zero attached hydrogens (tertiary/aromatic N) is 1. The summed E-state index contributed by atoms with van der Waals surface area (Å²) < 4.78 is 26.9. The molecule has 0 radical (unpaired) electrons. The van der Waals surface area contributed by atoms with Gasteiger partial charge in [0.2, 0.25) is 5.91 Å². The van der Waals surface area contributed by atoms with Crippen molar-refractivity contribution in [3.63, 3.8) is 0 Å². The van der Waals surface area contributed by atoms with Crippen molar-refractivity contribution in [1.29, 1.82) is 0 Å². The summed E-state index contributed by atoms with van der Waals surface area (Å²) in [5.74, 6) is -1.98. The molecule has 1 atom stereocenters. The molecule has 1 unspecified atom stereocenters. The van der Waals surface area contributed by atoms with E-state index in [1.54, 1.807) is 29.3 Å². The molecule has 0 bridgehead atoms. The minimum Gasteiger partial charge on any atom is -0.368 e. The maximum absolute atomic E-state index is 13.7. The smallest absolute Gasteiger partial charge is 0.244 e. The van der Waals surface area contributed by atoms with Gasteiger partial charge in [-0.25, -0.2) is 8.78 Å². The lowest BCUT2D eigenvalue weighted by Crippen LogP contribution is -2.36. The summed E-state index contributed by atoms with van der Waals surface area (Å²) in [6, 6.07) is 1.98. The third kappa shape index (κ3) is 2.40. The molecule has 1 aliphatic heterocycles. The molecule has 0 saturated carbocycles. The molecule has 3 nitrogen and oxygen atoms in total. The fourth-order valence-corrected chi connectivity index (χ4v) is 1.89. The first kappa shape index (κ1) is 12.3. The van der Waals surface area contributed by atoms with Gasteiger partial charge < -0.3 is 10.6 Å². The topological polar surface area (TPSA) is 46.3 Å². The molecular weight excluding hydrogens is 238 g/mol. The van der Waals surface area contributed by atoms with Crippen molar-refractivity contribution in [2.24, 2.45) is 5.73 Å². The Morgan fingerprint density at radius 2 is 2.11 bits per heavy atom. The number of rotatable bonds is 3. The highest BCUT2D eigenvalue weighted by Gasteiger charge is 2.26. The number of hydrogen-bond donors (Lipinski definition) is 1. The predicted molar refractivity (Wildman–Crippen MR) is 63.3 cm³/mol. The second-order valence-corrected chi connectivity index (χ2v) is 3.94. The van der Waals surface area contributed by atoms with Crippen LogP contribution in [-0.4, -0.2) is 17.4 Å². The van der Waals surface area contributed by atoms with Crippen molar-refractivity contribution < 1.29 is 13.6 Å². The summed E-state index contributed by atoms with van der Waals surface area (Å²) in [5, 5.41) is 0. The first-order valence-corrected chi connectivity index (χ1v) is 5.43. The minimum atomic E-state index is -1.01. The number of nitrogens with two attached hydrogens (primary N) is 1. The van der Waals surface area contributed by atoms with Gasteiger partial charge >= 0.3 is 0 Å². The van der Waals surface area contributed by atoms with Crippen molar-refractivity contribution in [2.45, 2.75) is 6.04 Å². The molecule has 2 N–H and O–H groups in total. The molecule has 94 valence electrons.